The highest BCUT2D eigenvalue weighted by Crippen LogP contribution is 2.19. The molecule has 0 spiro atoms. The molecule has 1 aromatic carbocycles. The van der Waals surface area contributed by atoms with Crippen molar-refractivity contribution in [3.05, 3.63) is 36.2 Å². The van der Waals surface area contributed by atoms with Crippen molar-refractivity contribution in [3.63, 3.8) is 0 Å². The fraction of sp³-hybridized carbons (Fsp3) is 0.200. The molecule has 1 aromatic heterocycles. The molecule has 5 nitrogen and oxygen atoms in total. The number of rotatable bonds is 3. The van der Waals surface area contributed by atoms with E-state index in [1.165, 1.54) is 0 Å². The standard InChI is InChI=1S/C10H12N4O/c1-11-6-8-7-14(13-12-8)9-4-2-3-5-10(9)15/h2-5,7,11,15H,6H2,1H3. The second-order valence-corrected chi connectivity index (χ2v) is 3.17. The first-order chi connectivity index (χ1) is 7.31. The maximum absolute atomic E-state index is 9.60. The summed E-state index contributed by atoms with van der Waals surface area (Å²) in [6.45, 7) is 0.660. The second-order valence-electron chi connectivity index (χ2n) is 3.17. The molecule has 0 aliphatic rings. The van der Waals surface area contributed by atoms with E-state index >= 15 is 0 Å². The average Bonchev–Trinajstić information content (AvgIpc) is 2.68. The Hall–Kier alpha value is -1.88. The summed E-state index contributed by atoms with van der Waals surface area (Å²) < 4.78 is 1.56. The largest absolute Gasteiger partial charge is 0.506 e. The van der Waals surface area contributed by atoms with Gasteiger partial charge in [-0.3, -0.25) is 0 Å². The van der Waals surface area contributed by atoms with E-state index in [0.717, 1.165) is 5.69 Å². The molecule has 0 radical (unpaired) electrons. The van der Waals surface area contributed by atoms with Gasteiger partial charge in [0.25, 0.3) is 0 Å². The number of nitrogens with zero attached hydrogens (tertiary/aromatic N) is 3. The summed E-state index contributed by atoms with van der Waals surface area (Å²) in [5.41, 5.74) is 1.47. The average molecular weight is 204 g/mol. The summed E-state index contributed by atoms with van der Waals surface area (Å²) in [6, 6.07) is 7.01. The van der Waals surface area contributed by atoms with Crippen LogP contribution in [0.15, 0.2) is 30.5 Å². The van der Waals surface area contributed by atoms with Crippen LogP contribution in [-0.4, -0.2) is 27.1 Å². The van der Waals surface area contributed by atoms with Gasteiger partial charge in [0, 0.05) is 6.54 Å². The lowest BCUT2D eigenvalue weighted by atomic mass is 10.3. The van der Waals surface area contributed by atoms with E-state index in [1.807, 2.05) is 13.1 Å². The van der Waals surface area contributed by atoms with Gasteiger partial charge >= 0.3 is 0 Å². The lowest BCUT2D eigenvalue weighted by Gasteiger charge is -2.01. The fourth-order valence-corrected chi connectivity index (χ4v) is 1.34. The third kappa shape index (κ3) is 1.97. The maximum atomic E-state index is 9.60. The van der Waals surface area contributed by atoms with Crippen molar-refractivity contribution >= 4 is 0 Å². The molecule has 2 N–H and O–H groups in total. The summed E-state index contributed by atoms with van der Waals surface area (Å²) in [5.74, 6) is 0.193. The van der Waals surface area contributed by atoms with E-state index in [9.17, 15) is 5.11 Å². The van der Waals surface area contributed by atoms with Crippen molar-refractivity contribution in [2.24, 2.45) is 0 Å². The van der Waals surface area contributed by atoms with E-state index in [0.29, 0.717) is 12.2 Å². The number of aromatic nitrogens is 3. The molecule has 78 valence electrons. The van der Waals surface area contributed by atoms with Crippen LogP contribution in [0.5, 0.6) is 5.75 Å². The van der Waals surface area contributed by atoms with Crippen molar-refractivity contribution in [1.29, 1.82) is 0 Å². The number of benzene rings is 1. The van der Waals surface area contributed by atoms with E-state index in [-0.39, 0.29) is 5.75 Å². The number of hydrogen-bond donors (Lipinski definition) is 2. The van der Waals surface area contributed by atoms with Crippen LogP contribution in [0.2, 0.25) is 0 Å². The summed E-state index contributed by atoms with van der Waals surface area (Å²) in [5, 5.41) is 20.5. The normalized spacial score (nSPS) is 10.5. The molecule has 15 heavy (non-hydrogen) atoms. The Morgan fingerprint density at radius 1 is 1.40 bits per heavy atom. The monoisotopic (exact) mass is 204 g/mol. The van der Waals surface area contributed by atoms with Gasteiger partial charge in [-0.2, -0.15) is 0 Å². The molecule has 0 aliphatic carbocycles. The summed E-state index contributed by atoms with van der Waals surface area (Å²) in [7, 11) is 1.85. The molecule has 2 rings (SSSR count). The van der Waals surface area contributed by atoms with Crippen LogP contribution < -0.4 is 5.32 Å². The topological polar surface area (TPSA) is 63.0 Å². The SMILES string of the molecule is CNCc1cn(-c2ccccc2O)nn1. The van der Waals surface area contributed by atoms with Crippen LogP contribution in [-0.2, 0) is 6.54 Å². The van der Waals surface area contributed by atoms with Crippen LogP contribution in [0.3, 0.4) is 0 Å². The highest BCUT2D eigenvalue weighted by atomic mass is 16.3. The van der Waals surface area contributed by atoms with Crippen molar-refractivity contribution in [1.82, 2.24) is 20.3 Å². The van der Waals surface area contributed by atoms with Crippen LogP contribution in [0.4, 0.5) is 0 Å². The van der Waals surface area contributed by atoms with Crippen molar-refractivity contribution in [2.75, 3.05) is 7.05 Å². The van der Waals surface area contributed by atoms with Gasteiger partial charge in [0.05, 0.1) is 11.9 Å². The Kier molecular flexibility index (Phi) is 2.64. The minimum Gasteiger partial charge on any atom is -0.506 e. The van der Waals surface area contributed by atoms with E-state index < -0.39 is 0 Å². The first-order valence-corrected chi connectivity index (χ1v) is 4.65. The van der Waals surface area contributed by atoms with Gasteiger partial charge in [-0.25, -0.2) is 4.68 Å². The zero-order chi connectivity index (χ0) is 10.7. The van der Waals surface area contributed by atoms with Gasteiger partial charge in [0.2, 0.25) is 0 Å². The van der Waals surface area contributed by atoms with Gasteiger partial charge in [0.1, 0.15) is 11.4 Å². The van der Waals surface area contributed by atoms with E-state index in [2.05, 4.69) is 15.6 Å². The van der Waals surface area contributed by atoms with Crippen LogP contribution in [0.25, 0.3) is 5.69 Å². The zero-order valence-corrected chi connectivity index (χ0v) is 8.38. The molecule has 2 aromatic rings. The molecule has 0 amide bonds. The third-order valence-electron chi connectivity index (χ3n) is 2.03. The lowest BCUT2D eigenvalue weighted by Crippen LogP contribution is -2.04. The fourth-order valence-electron chi connectivity index (χ4n) is 1.34. The first-order valence-electron chi connectivity index (χ1n) is 4.65. The third-order valence-corrected chi connectivity index (χ3v) is 2.03. The Morgan fingerprint density at radius 2 is 2.20 bits per heavy atom. The molecule has 0 unspecified atom stereocenters. The smallest absolute Gasteiger partial charge is 0.141 e. The molecular formula is C10H12N4O. The molecule has 0 saturated carbocycles. The number of hydrogen-bond acceptors (Lipinski definition) is 4. The summed E-state index contributed by atoms with van der Waals surface area (Å²) in [4.78, 5) is 0. The summed E-state index contributed by atoms with van der Waals surface area (Å²) >= 11 is 0. The Labute approximate surface area is 87.4 Å². The number of phenolic OH excluding ortho intramolecular Hbond substituents is 1. The van der Waals surface area contributed by atoms with Crippen molar-refractivity contribution in [3.8, 4) is 11.4 Å². The number of aromatic hydroxyl groups is 1. The van der Waals surface area contributed by atoms with E-state index in [1.54, 1.807) is 29.1 Å². The molecule has 1 heterocycles. The molecule has 0 bridgehead atoms. The van der Waals surface area contributed by atoms with E-state index in [4.69, 9.17) is 0 Å². The summed E-state index contributed by atoms with van der Waals surface area (Å²) in [6.07, 6.45) is 1.78. The van der Waals surface area contributed by atoms with Crippen LogP contribution in [0, 0.1) is 0 Å². The molecule has 0 saturated heterocycles. The molecule has 0 aliphatic heterocycles. The minimum absolute atomic E-state index is 0.193. The molecule has 0 atom stereocenters. The van der Waals surface area contributed by atoms with Gasteiger partial charge in [-0.05, 0) is 19.2 Å². The first kappa shape index (κ1) is 9.67. The number of para-hydroxylation sites is 2. The number of nitrogens with one attached hydrogen (secondary N) is 1. The Balaban J connectivity index is 2.33. The van der Waals surface area contributed by atoms with Crippen LogP contribution >= 0.6 is 0 Å². The molecular weight excluding hydrogens is 192 g/mol. The maximum Gasteiger partial charge on any atom is 0.141 e. The van der Waals surface area contributed by atoms with Gasteiger partial charge < -0.3 is 10.4 Å². The van der Waals surface area contributed by atoms with Gasteiger partial charge in [-0.1, -0.05) is 17.3 Å². The predicted molar refractivity (Wildman–Crippen MR) is 55.8 cm³/mol. The quantitative estimate of drug-likeness (QED) is 0.772. The highest BCUT2D eigenvalue weighted by molar-refractivity contribution is 5.44. The lowest BCUT2D eigenvalue weighted by molar-refractivity contribution is 0.470. The van der Waals surface area contributed by atoms with Crippen molar-refractivity contribution < 1.29 is 5.11 Å². The molecule has 0 fully saturated rings. The highest BCUT2D eigenvalue weighted by Gasteiger charge is 2.05. The van der Waals surface area contributed by atoms with Gasteiger partial charge in [0.15, 0.2) is 0 Å². The zero-order valence-electron chi connectivity index (χ0n) is 8.38. The predicted octanol–water partition coefficient (Wildman–Crippen LogP) is 0.692. The Bertz CT molecular complexity index is 452. The second kappa shape index (κ2) is 4.10. The van der Waals surface area contributed by atoms with Gasteiger partial charge in [-0.15, -0.1) is 5.10 Å². The number of phenols is 1. The van der Waals surface area contributed by atoms with Crippen molar-refractivity contribution in [2.45, 2.75) is 6.54 Å². The molecule has 5 heteroatoms. The van der Waals surface area contributed by atoms with Crippen LogP contribution in [0.1, 0.15) is 5.69 Å². The minimum atomic E-state index is 0.193. The Morgan fingerprint density at radius 3 is 2.93 bits per heavy atom.